The Balaban J connectivity index is 1.65. The van der Waals surface area contributed by atoms with Gasteiger partial charge in [0.2, 0.25) is 0 Å². The third kappa shape index (κ3) is 4.55. The van der Waals surface area contributed by atoms with E-state index < -0.39 is 11.6 Å². The lowest BCUT2D eigenvalue weighted by molar-refractivity contribution is 0.135. The van der Waals surface area contributed by atoms with Crippen LogP contribution in [0, 0.1) is 29.4 Å². The molecule has 0 nitrogen and oxygen atoms in total. The van der Waals surface area contributed by atoms with Gasteiger partial charge in [0.25, 0.3) is 0 Å². The van der Waals surface area contributed by atoms with Crippen LogP contribution < -0.4 is 0 Å². The van der Waals surface area contributed by atoms with Gasteiger partial charge in [0.1, 0.15) is 0 Å². The molecule has 3 rings (SSSR count). The lowest BCUT2D eigenvalue weighted by Gasteiger charge is -2.38. The second-order valence-corrected chi connectivity index (χ2v) is 7.75. The number of aryl methyl sites for hydroxylation is 1. The van der Waals surface area contributed by atoms with E-state index >= 15 is 0 Å². The Kier molecular flexibility index (Phi) is 6.08. The van der Waals surface area contributed by atoms with Gasteiger partial charge in [0.05, 0.1) is 0 Å². The van der Waals surface area contributed by atoms with E-state index in [1.54, 1.807) is 6.07 Å². The van der Waals surface area contributed by atoms with Gasteiger partial charge in [-0.25, -0.2) is 8.78 Å². The van der Waals surface area contributed by atoms with Crippen LogP contribution in [-0.2, 0) is 6.42 Å². The Morgan fingerprint density at radius 1 is 0.783 bits per heavy atom. The van der Waals surface area contributed by atoms with E-state index in [1.807, 2.05) is 0 Å². The van der Waals surface area contributed by atoms with Gasteiger partial charge < -0.3 is 0 Å². The largest absolute Gasteiger partial charge is 0.204 e. The highest BCUT2D eigenvalue weighted by atomic mass is 19.2. The summed E-state index contributed by atoms with van der Waals surface area (Å²) in [4.78, 5) is 0. The van der Waals surface area contributed by atoms with Gasteiger partial charge in [-0.1, -0.05) is 70.3 Å². The van der Waals surface area contributed by atoms with E-state index in [0.29, 0.717) is 0 Å². The maximum atomic E-state index is 13.4. The summed E-state index contributed by atoms with van der Waals surface area (Å²) in [5.41, 5.74) is 0.959. The van der Waals surface area contributed by atoms with Gasteiger partial charge in [-0.2, -0.15) is 0 Å². The topological polar surface area (TPSA) is 0 Å². The molecule has 2 aliphatic rings. The molecule has 2 saturated carbocycles. The Morgan fingerprint density at radius 2 is 1.35 bits per heavy atom. The average molecular weight is 320 g/mol. The molecule has 23 heavy (non-hydrogen) atoms. The minimum absolute atomic E-state index is 0.700. The van der Waals surface area contributed by atoms with E-state index in [1.165, 1.54) is 76.3 Å². The lowest BCUT2D eigenvalue weighted by Crippen LogP contribution is -2.27. The van der Waals surface area contributed by atoms with Crippen LogP contribution in [0.4, 0.5) is 8.78 Å². The summed E-state index contributed by atoms with van der Waals surface area (Å²) in [6.45, 7) is 0. The van der Waals surface area contributed by atoms with Crippen LogP contribution in [0.25, 0.3) is 0 Å². The first kappa shape index (κ1) is 16.9. The Labute approximate surface area is 139 Å². The zero-order chi connectivity index (χ0) is 16.1. The smallest absolute Gasteiger partial charge is 0.159 e. The number of hydrogen-bond acceptors (Lipinski definition) is 0. The zero-order valence-electron chi connectivity index (χ0n) is 14.2. The van der Waals surface area contributed by atoms with Crippen molar-refractivity contribution in [3.63, 3.8) is 0 Å². The fraction of sp³-hybridized carbons (Fsp3) is 0.714. The molecule has 0 N–H and O–H groups in total. The van der Waals surface area contributed by atoms with Crippen molar-refractivity contribution >= 4 is 0 Å². The van der Waals surface area contributed by atoms with Crippen LogP contribution in [0.2, 0.25) is 0 Å². The monoisotopic (exact) mass is 320 g/mol. The fourth-order valence-corrected chi connectivity index (χ4v) is 5.01. The molecule has 2 fully saturated rings. The van der Waals surface area contributed by atoms with Crippen molar-refractivity contribution in [2.24, 2.45) is 17.8 Å². The Morgan fingerprint density at radius 3 is 1.87 bits per heavy atom. The van der Waals surface area contributed by atoms with Crippen LogP contribution in [-0.4, -0.2) is 0 Å². The second-order valence-electron chi connectivity index (χ2n) is 7.75. The summed E-state index contributed by atoms with van der Waals surface area (Å²) in [7, 11) is 0. The highest BCUT2D eigenvalue weighted by Gasteiger charge is 2.31. The van der Waals surface area contributed by atoms with E-state index in [4.69, 9.17) is 0 Å². The third-order valence-electron chi connectivity index (χ3n) is 6.26. The second kappa shape index (κ2) is 8.26. The zero-order valence-corrected chi connectivity index (χ0v) is 14.2. The van der Waals surface area contributed by atoms with Crippen molar-refractivity contribution in [3.8, 4) is 0 Å². The van der Waals surface area contributed by atoms with Gasteiger partial charge in [-0.15, -0.1) is 0 Å². The van der Waals surface area contributed by atoms with Gasteiger partial charge in [0.15, 0.2) is 11.6 Å². The first-order valence-electron chi connectivity index (χ1n) is 9.68. The first-order valence-corrected chi connectivity index (χ1v) is 9.68. The van der Waals surface area contributed by atoms with Crippen molar-refractivity contribution in [1.82, 2.24) is 0 Å². The van der Waals surface area contributed by atoms with Gasteiger partial charge >= 0.3 is 0 Å². The summed E-state index contributed by atoms with van der Waals surface area (Å²) >= 11 is 0. The molecule has 0 atom stereocenters. The molecule has 0 bridgehead atoms. The Bertz CT molecular complexity index is 467. The van der Waals surface area contributed by atoms with Crippen LogP contribution >= 0.6 is 0 Å². The molecule has 0 spiro atoms. The quantitative estimate of drug-likeness (QED) is 0.568. The molecule has 1 aromatic carbocycles. The predicted octanol–water partition coefficient (Wildman–Crippen LogP) is 6.67. The summed E-state index contributed by atoms with van der Waals surface area (Å²) in [6, 6.07) is 4.44. The summed E-state index contributed by atoms with van der Waals surface area (Å²) in [6.07, 6.45) is 16.0. The highest BCUT2D eigenvalue weighted by Crippen LogP contribution is 2.42. The third-order valence-corrected chi connectivity index (χ3v) is 6.26. The molecule has 0 radical (unpaired) electrons. The molecule has 0 aromatic heterocycles. The predicted molar refractivity (Wildman–Crippen MR) is 91.3 cm³/mol. The lowest BCUT2D eigenvalue weighted by atomic mass is 9.68. The molecular formula is C21H30F2. The van der Waals surface area contributed by atoms with E-state index in [0.717, 1.165) is 36.2 Å². The maximum Gasteiger partial charge on any atom is 0.159 e. The number of halogens is 2. The first-order chi connectivity index (χ1) is 11.2. The molecule has 0 aliphatic heterocycles. The molecule has 128 valence electrons. The number of hydrogen-bond donors (Lipinski definition) is 0. The summed E-state index contributed by atoms with van der Waals surface area (Å²) in [5, 5.41) is 0. The van der Waals surface area contributed by atoms with Crippen LogP contribution in [0.1, 0.15) is 76.2 Å². The molecule has 0 heterocycles. The normalized spacial score (nSPS) is 21.0. The van der Waals surface area contributed by atoms with E-state index in [-0.39, 0.29) is 0 Å². The SMILES string of the molecule is Fc1ccc(CCC(C2CCCCC2)C2CCCCC2)cc1F. The minimum Gasteiger partial charge on any atom is -0.204 e. The Hall–Kier alpha value is -0.920. The van der Waals surface area contributed by atoms with Gasteiger partial charge in [-0.3, -0.25) is 0 Å². The van der Waals surface area contributed by atoms with Crippen molar-refractivity contribution < 1.29 is 8.78 Å². The number of benzene rings is 1. The molecule has 2 heteroatoms. The van der Waals surface area contributed by atoms with Crippen molar-refractivity contribution in [3.05, 3.63) is 35.4 Å². The molecule has 2 aliphatic carbocycles. The number of rotatable bonds is 5. The highest BCUT2D eigenvalue weighted by molar-refractivity contribution is 5.18. The molecule has 0 amide bonds. The van der Waals surface area contributed by atoms with Gasteiger partial charge in [-0.05, 0) is 48.3 Å². The van der Waals surface area contributed by atoms with Gasteiger partial charge in [0, 0.05) is 0 Å². The average Bonchev–Trinajstić information content (AvgIpc) is 2.60. The summed E-state index contributed by atoms with van der Waals surface area (Å²) in [5.74, 6) is 1.11. The minimum atomic E-state index is -0.732. The van der Waals surface area contributed by atoms with E-state index in [2.05, 4.69) is 0 Å². The van der Waals surface area contributed by atoms with Crippen LogP contribution in [0.5, 0.6) is 0 Å². The molecule has 1 aromatic rings. The fourth-order valence-electron chi connectivity index (χ4n) is 5.01. The standard InChI is InChI=1S/C21H30F2/c22-20-14-12-16(15-21(20)23)11-13-19(17-7-3-1-4-8-17)18-9-5-2-6-10-18/h12,14-15,17-19H,1-11,13H2. The van der Waals surface area contributed by atoms with Crippen molar-refractivity contribution in [2.75, 3.05) is 0 Å². The van der Waals surface area contributed by atoms with Crippen LogP contribution in [0.3, 0.4) is 0 Å². The molecule has 0 saturated heterocycles. The summed E-state index contributed by atoms with van der Waals surface area (Å²) < 4.78 is 26.5. The van der Waals surface area contributed by atoms with Crippen molar-refractivity contribution in [2.45, 2.75) is 77.0 Å². The molecular weight excluding hydrogens is 290 g/mol. The maximum absolute atomic E-state index is 13.4. The van der Waals surface area contributed by atoms with E-state index in [9.17, 15) is 8.78 Å². The van der Waals surface area contributed by atoms with Crippen LogP contribution in [0.15, 0.2) is 18.2 Å². The van der Waals surface area contributed by atoms with Crippen molar-refractivity contribution in [1.29, 1.82) is 0 Å². The molecule has 0 unspecified atom stereocenters.